The van der Waals surface area contributed by atoms with Crippen molar-refractivity contribution in [2.45, 2.75) is 26.7 Å². The van der Waals surface area contributed by atoms with Crippen LogP contribution in [0.4, 0.5) is 5.69 Å². The van der Waals surface area contributed by atoms with Gasteiger partial charge in [-0.15, -0.1) is 0 Å². The van der Waals surface area contributed by atoms with E-state index >= 15 is 0 Å². The smallest absolute Gasteiger partial charge is 0.258 e. The fourth-order valence-electron chi connectivity index (χ4n) is 1.32. The van der Waals surface area contributed by atoms with Crippen molar-refractivity contribution in [2.75, 3.05) is 0 Å². The number of nitro groups is 1. The van der Waals surface area contributed by atoms with Gasteiger partial charge in [0.15, 0.2) is 0 Å². The summed E-state index contributed by atoms with van der Waals surface area (Å²) in [5, 5.41) is 10.4. The largest absolute Gasteiger partial charge is 0.277 e. The van der Waals surface area contributed by atoms with Gasteiger partial charge >= 0.3 is 0 Å². The van der Waals surface area contributed by atoms with Crippen LogP contribution in [0.3, 0.4) is 0 Å². The predicted octanol–water partition coefficient (Wildman–Crippen LogP) is 2.52. The molecule has 0 amide bonds. The van der Waals surface area contributed by atoms with Crippen molar-refractivity contribution < 1.29 is 4.92 Å². The van der Waals surface area contributed by atoms with Gasteiger partial charge in [0.2, 0.25) is 0 Å². The first-order valence-electron chi connectivity index (χ1n) is 4.36. The van der Waals surface area contributed by atoms with E-state index in [0.717, 1.165) is 24.0 Å². The average Bonchev–Trinajstić information content (AvgIpc) is 2.16. The lowest BCUT2D eigenvalue weighted by Gasteiger charge is -2.03. The Labute approximate surface area is 77.5 Å². The van der Waals surface area contributed by atoms with Crippen LogP contribution in [0.25, 0.3) is 0 Å². The highest BCUT2D eigenvalue weighted by Gasteiger charge is 2.08. The van der Waals surface area contributed by atoms with E-state index in [1.165, 1.54) is 0 Å². The zero-order valence-electron chi connectivity index (χ0n) is 7.83. The molecule has 0 atom stereocenters. The van der Waals surface area contributed by atoms with Crippen LogP contribution < -0.4 is 0 Å². The molecular weight excluding hydrogens is 166 g/mol. The molecule has 1 aromatic rings. The molecule has 0 spiro atoms. The lowest BCUT2D eigenvalue weighted by Crippen LogP contribution is -1.94. The lowest BCUT2D eigenvalue weighted by atomic mass is 10.0. The molecular formula is C10H12NO2. The third-order valence-corrected chi connectivity index (χ3v) is 2.08. The lowest BCUT2D eigenvalue weighted by molar-refractivity contribution is -0.385. The Morgan fingerprint density at radius 1 is 1.38 bits per heavy atom. The normalized spacial score (nSPS) is 10.0. The summed E-state index contributed by atoms with van der Waals surface area (Å²) in [6.07, 6.45) is 1.73. The topological polar surface area (TPSA) is 43.1 Å². The van der Waals surface area contributed by atoms with Gasteiger partial charge < -0.3 is 0 Å². The first-order valence-corrected chi connectivity index (χ1v) is 4.36. The Hall–Kier alpha value is -1.38. The van der Waals surface area contributed by atoms with E-state index in [1.54, 1.807) is 12.1 Å². The fraction of sp³-hybridized carbons (Fsp3) is 0.400. The summed E-state index contributed by atoms with van der Waals surface area (Å²) in [6.45, 7) is 4.03. The molecule has 0 saturated heterocycles. The fourth-order valence-corrected chi connectivity index (χ4v) is 1.32. The minimum Gasteiger partial charge on any atom is -0.258 e. The highest BCUT2D eigenvalue weighted by molar-refractivity contribution is 5.38. The van der Waals surface area contributed by atoms with Crippen LogP contribution in [-0.4, -0.2) is 4.92 Å². The number of non-ortho nitro benzene ring substituents is 1. The zero-order valence-corrected chi connectivity index (χ0v) is 7.83. The van der Waals surface area contributed by atoms with Crippen LogP contribution in [-0.2, 0) is 12.8 Å². The van der Waals surface area contributed by atoms with Crippen LogP contribution in [0.2, 0.25) is 0 Å². The summed E-state index contributed by atoms with van der Waals surface area (Å²) in [7, 11) is 0. The van der Waals surface area contributed by atoms with E-state index in [1.807, 2.05) is 13.8 Å². The Kier molecular flexibility index (Phi) is 3.01. The molecule has 3 heteroatoms. The maximum absolute atomic E-state index is 10.4. The quantitative estimate of drug-likeness (QED) is 0.527. The van der Waals surface area contributed by atoms with Crippen molar-refractivity contribution in [1.29, 1.82) is 0 Å². The first kappa shape index (κ1) is 9.71. The molecule has 0 aliphatic rings. The van der Waals surface area contributed by atoms with Crippen molar-refractivity contribution >= 4 is 5.69 Å². The molecule has 1 radical (unpaired) electrons. The van der Waals surface area contributed by atoms with Crippen molar-refractivity contribution in [3.8, 4) is 0 Å². The summed E-state index contributed by atoms with van der Waals surface area (Å²) >= 11 is 0. The minimum absolute atomic E-state index is 0.0639. The summed E-state index contributed by atoms with van der Waals surface area (Å²) in [5.41, 5.74) is 2.26. The Balaban J connectivity index is 3.13. The van der Waals surface area contributed by atoms with Gasteiger partial charge in [0.05, 0.1) is 11.0 Å². The van der Waals surface area contributed by atoms with E-state index in [4.69, 9.17) is 0 Å². The number of hydrogen-bond donors (Lipinski definition) is 0. The monoisotopic (exact) mass is 178 g/mol. The standard InChI is InChI=1S/C10H12NO2/c1-3-8-5-6-10(11(12)13)7-9(8)4-2/h5,7H,3-4H2,1-2H3. The van der Waals surface area contributed by atoms with Crippen LogP contribution in [0, 0.1) is 16.2 Å². The molecule has 0 aliphatic heterocycles. The van der Waals surface area contributed by atoms with Gasteiger partial charge in [-0.2, -0.15) is 0 Å². The molecule has 0 unspecified atom stereocenters. The van der Waals surface area contributed by atoms with Gasteiger partial charge in [0.1, 0.15) is 0 Å². The molecule has 13 heavy (non-hydrogen) atoms. The molecule has 0 N–H and O–H groups in total. The van der Waals surface area contributed by atoms with Crippen LogP contribution in [0.15, 0.2) is 12.1 Å². The van der Waals surface area contributed by atoms with Gasteiger partial charge in [-0.3, -0.25) is 10.1 Å². The maximum Gasteiger partial charge on any atom is 0.277 e. The van der Waals surface area contributed by atoms with Crippen molar-refractivity contribution in [3.05, 3.63) is 39.4 Å². The summed E-state index contributed by atoms with van der Waals surface area (Å²) in [6, 6.07) is 5.99. The Morgan fingerprint density at radius 3 is 2.46 bits per heavy atom. The van der Waals surface area contributed by atoms with Gasteiger partial charge in [-0.05, 0) is 30.0 Å². The minimum atomic E-state index is -0.404. The molecule has 0 aliphatic carbocycles. The number of benzene rings is 1. The average molecular weight is 178 g/mol. The highest BCUT2D eigenvalue weighted by atomic mass is 16.6. The van der Waals surface area contributed by atoms with Crippen molar-refractivity contribution in [2.24, 2.45) is 0 Å². The third kappa shape index (κ3) is 2.05. The second kappa shape index (κ2) is 4.03. The van der Waals surface area contributed by atoms with Crippen LogP contribution in [0.1, 0.15) is 25.0 Å². The van der Waals surface area contributed by atoms with Gasteiger partial charge in [-0.25, -0.2) is 0 Å². The Morgan fingerprint density at radius 2 is 2.00 bits per heavy atom. The maximum atomic E-state index is 10.4. The molecule has 0 heterocycles. The summed E-state index contributed by atoms with van der Waals surface area (Å²) in [5.74, 6) is 0. The number of nitrogens with zero attached hydrogens (tertiary/aromatic N) is 1. The second-order valence-corrected chi connectivity index (χ2v) is 2.83. The number of nitro benzene ring substituents is 1. The number of hydrogen-bond acceptors (Lipinski definition) is 2. The third-order valence-electron chi connectivity index (χ3n) is 2.08. The van der Waals surface area contributed by atoms with E-state index < -0.39 is 4.92 Å². The molecule has 1 rings (SSSR count). The predicted molar refractivity (Wildman–Crippen MR) is 50.7 cm³/mol. The Bertz CT molecular complexity index is 321. The van der Waals surface area contributed by atoms with Crippen LogP contribution in [0.5, 0.6) is 0 Å². The van der Waals surface area contributed by atoms with Crippen LogP contribution >= 0.6 is 0 Å². The molecule has 0 saturated carbocycles. The van der Waals surface area contributed by atoms with Crippen molar-refractivity contribution in [3.63, 3.8) is 0 Å². The molecule has 1 aromatic carbocycles. The summed E-state index contributed by atoms with van der Waals surface area (Å²) < 4.78 is 0. The highest BCUT2D eigenvalue weighted by Crippen LogP contribution is 2.17. The molecule has 0 aromatic heterocycles. The van der Waals surface area contributed by atoms with E-state index in [-0.39, 0.29) is 5.69 Å². The van der Waals surface area contributed by atoms with E-state index in [9.17, 15) is 10.1 Å². The molecule has 0 fully saturated rings. The van der Waals surface area contributed by atoms with Crippen molar-refractivity contribution in [1.82, 2.24) is 0 Å². The number of rotatable bonds is 3. The molecule has 3 nitrogen and oxygen atoms in total. The number of aryl methyl sites for hydroxylation is 2. The molecule has 69 valence electrons. The SMILES string of the molecule is CCc1c[c]c([N+](=O)[O-])cc1CC. The van der Waals surface area contributed by atoms with Gasteiger partial charge in [-0.1, -0.05) is 13.8 Å². The van der Waals surface area contributed by atoms with Gasteiger partial charge in [0.25, 0.3) is 5.69 Å². The zero-order chi connectivity index (χ0) is 9.84. The second-order valence-electron chi connectivity index (χ2n) is 2.83. The van der Waals surface area contributed by atoms with E-state index in [2.05, 4.69) is 6.07 Å². The molecule has 0 bridgehead atoms. The van der Waals surface area contributed by atoms with E-state index in [0.29, 0.717) is 0 Å². The first-order chi connectivity index (χ1) is 6.19. The summed E-state index contributed by atoms with van der Waals surface area (Å²) in [4.78, 5) is 10.0. The van der Waals surface area contributed by atoms with Gasteiger partial charge in [0, 0.05) is 6.07 Å².